The maximum atomic E-state index is 12.8. The monoisotopic (exact) mass is 353 g/mol. The molecule has 2 atom stereocenters. The Morgan fingerprint density at radius 1 is 1.38 bits per heavy atom. The van der Waals surface area contributed by atoms with Crippen LogP contribution in [0.3, 0.4) is 0 Å². The maximum absolute atomic E-state index is 12.8. The predicted molar refractivity (Wildman–Crippen MR) is 99.1 cm³/mol. The number of nitrogens with zero attached hydrogens (tertiary/aromatic N) is 1. The van der Waals surface area contributed by atoms with Crippen molar-refractivity contribution >= 4 is 22.7 Å². The second-order valence-corrected chi connectivity index (χ2v) is 6.94. The number of carbonyl (C=O) groups excluding carboxylic acids is 2. The van der Waals surface area contributed by atoms with Crippen molar-refractivity contribution in [2.45, 2.75) is 37.8 Å². The van der Waals surface area contributed by atoms with Crippen molar-refractivity contribution < 1.29 is 14.3 Å². The summed E-state index contributed by atoms with van der Waals surface area (Å²) in [5.74, 6) is 0.774. The quantitative estimate of drug-likeness (QED) is 0.807. The van der Waals surface area contributed by atoms with Gasteiger partial charge in [-0.2, -0.15) is 0 Å². The zero-order valence-electron chi connectivity index (χ0n) is 14.9. The number of aromatic nitrogens is 1. The smallest absolute Gasteiger partial charge is 0.246 e. The molecule has 3 heterocycles. The molecule has 2 aliphatic rings. The Morgan fingerprint density at radius 2 is 2.23 bits per heavy atom. The van der Waals surface area contributed by atoms with E-state index in [1.54, 1.807) is 12.0 Å². The van der Waals surface area contributed by atoms with Crippen LogP contribution in [0.4, 0.5) is 0 Å². The summed E-state index contributed by atoms with van der Waals surface area (Å²) in [6.07, 6.45) is 4.64. The van der Waals surface area contributed by atoms with Crippen LogP contribution in [0.1, 0.15) is 24.1 Å². The van der Waals surface area contributed by atoms with Gasteiger partial charge in [0.15, 0.2) is 0 Å². The molecular weight excluding hydrogens is 330 g/mol. The van der Waals surface area contributed by atoms with Gasteiger partial charge < -0.3 is 19.9 Å². The van der Waals surface area contributed by atoms with E-state index in [9.17, 15) is 9.59 Å². The minimum atomic E-state index is -0.512. The molecule has 0 aliphatic carbocycles. The Kier molecular flexibility index (Phi) is 4.18. The molecule has 0 bridgehead atoms. The summed E-state index contributed by atoms with van der Waals surface area (Å²) in [6.45, 7) is 4.51. The van der Waals surface area contributed by atoms with E-state index in [1.165, 1.54) is 0 Å². The third kappa shape index (κ3) is 2.66. The number of H-pyrrole nitrogens is 1. The minimum absolute atomic E-state index is 0.0273. The number of piperazine rings is 1. The van der Waals surface area contributed by atoms with Gasteiger partial charge in [0.05, 0.1) is 7.11 Å². The van der Waals surface area contributed by atoms with Crippen LogP contribution < -0.4 is 10.1 Å². The number of benzene rings is 1. The van der Waals surface area contributed by atoms with Crippen LogP contribution in [0.15, 0.2) is 30.9 Å². The van der Waals surface area contributed by atoms with Crippen LogP contribution in [0.5, 0.6) is 5.75 Å². The lowest BCUT2D eigenvalue weighted by atomic mass is 9.97. The molecule has 6 heteroatoms. The first-order valence-corrected chi connectivity index (χ1v) is 9.01. The number of rotatable bonds is 5. The Balaban J connectivity index is 1.69. The fourth-order valence-corrected chi connectivity index (χ4v) is 4.14. The average molecular weight is 353 g/mol. The summed E-state index contributed by atoms with van der Waals surface area (Å²) in [5.41, 5.74) is 3.04. The molecule has 0 spiro atoms. The predicted octanol–water partition coefficient (Wildman–Crippen LogP) is 1.94. The number of carbonyl (C=O) groups is 2. The summed E-state index contributed by atoms with van der Waals surface area (Å²) < 4.78 is 5.30. The van der Waals surface area contributed by atoms with Gasteiger partial charge in [-0.1, -0.05) is 6.08 Å². The number of ether oxygens (including phenoxy) is 1. The lowest BCUT2D eigenvalue weighted by molar-refractivity contribution is -0.146. The Morgan fingerprint density at radius 3 is 3.00 bits per heavy atom. The summed E-state index contributed by atoms with van der Waals surface area (Å²) in [5, 5.41) is 3.99. The maximum Gasteiger partial charge on any atom is 0.246 e. The van der Waals surface area contributed by atoms with Crippen molar-refractivity contribution in [1.29, 1.82) is 0 Å². The van der Waals surface area contributed by atoms with Crippen LogP contribution in [-0.4, -0.2) is 47.4 Å². The molecule has 26 heavy (non-hydrogen) atoms. The van der Waals surface area contributed by atoms with E-state index in [0.29, 0.717) is 19.4 Å². The molecule has 0 saturated carbocycles. The van der Waals surface area contributed by atoms with Crippen molar-refractivity contribution in [2.75, 3.05) is 13.7 Å². The number of methoxy groups -OCH3 is 1. The number of fused-ring (bicyclic) bond motifs is 2. The molecule has 2 fully saturated rings. The van der Waals surface area contributed by atoms with E-state index in [0.717, 1.165) is 40.8 Å². The van der Waals surface area contributed by atoms with E-state index in [2.05, 4.69) is 16.9 Å². The van der Waals surface area contributed by atoms with Crippen molar-refractivity contribution in [3.8, 4) is 5.75 Å². The standard InChI is InChI=1S/C20H23N3O3/c1-3-5-15-14(13-8-7-12(26-2)10-16(13)21-15)11-17-20(25)23-9-4-6-18(23)19(24)22-17/h3,7-8,10,17-18,21H,1,4-6,9,11H2,2H3,(H,22,24)/t17-,18-/m0/s1. The number of aromatic amines is 1. The van der Waals surface area contributed by atoms with Gasteiger partial charge in [0, 0.05) is 42.0 Å². The molecule has 1 aromatic heterocycles. The summed E-state index contributed by atoms with van der Waals surface area (Å²) in [7, 11) is 1.64. The molecule has 2 amide bonds. The lowest BCUT2D eigenvalue weighted by Gasteiger charge is -2.34. The SMILES string of the molecule is C=CCc1[nH]c2cc(OC)ccc2c1C[C@@H]1NC(=O)[C@@H]2CCCN2C1=O. The highest BCUT2D eigenvalue weighted by Gasteiger charge is 2.43. The fraction of sp³-hybridized carbons (Fsp3) is 0.400. The summed E-state index contributed by atoms with van der Waals surface area (Å²) >= 11 is 0. The zero-order valence-corrected chi connectivity index (χ0v) is 14.9. The van der Waals surface area contributed by atoms with Crippen molar-refractivity contribution in [2.24, 2.45) is 0 Å². The number of hydrogen-bond donors (Lipinski definition) is 2. The van der Waals surface area contributed by atoms with Gasteiger partial charge in [0.1, 0.15) is 17.8 Å². The van der Waals surface area contributed by atoms with Gasteiger partial charge in [-0.3, -0.25) is 9.59 Å². The second-order valence-electron chi connectivity index (χ2n) is 6.94. The van der Waals surface area contributed by atoms with Crippen LogP contribution in [0, 0.1) is 0 Å². The molecule has 2 saturated heterocycles. The molecule has 6 nitrogen and oxygen atoms in total. The average Bonchev–Trinajstić information content (AvgIpc) is 3.25. The zero-order chi connectivity index (χ0) is 18.3. The first kappa shape index (κ1) is 16.7. The fourth-order valence-electron chi connectivity index (χ4n) is 4.14. The third-order valence-electron chi connectivity index (χ3n) is 5.41. The van der Waals surface area contributed by atoms with Crippen LogP contribution in [-0.2, 0) is 22.4 Å². The van der Waals surface area contributed by atoms with Crippen molar-refractivity contribution in [1.82, 2.24) is 15.2 Å². The highest BCUT2D eigenvalue weighted by molar-refractivity contribution is 5.98. The third-order valence-corrected chi connectivity index (χ3v) is 5.41. The number of nitrogens with one attached hydrogen (secondary N) is 2. The van der Waals surface area contributed by atoms with E-state index < -0.39 is 6.04 Å². The topological polar surface area (TPSA) is 74.4 Å². The first-order valence-electron chi connectivity index (χ1n) is 9.01. The molecule has 136 valence electrons. The Bertz CT molecular complexity index is 886. The lowest BCUT2D eigenvalue weighted by Crippen LogP contribution is -2.61. The van der Waals surface area contributed by atoms with Crippen LogP contribution >= 0.6 is 0 Å². The summed E-state index contributed by atoms with van der Waals surface area (Å²) in [6, 6.07) is 5.07. The highest BCUT2D eigenvalue weighted by atomic mass is 16.5. The van der Waals surface area contributed by atoms with Gasteiger partial charge >= 0.3 is 0 Å². The molecule has 2 N–H and O–H groups in total. The number of hydrogen-bond acceptors (Lipinski definition) is 3. The van der Waals surface area contributed by atoms with E-state index in [4.69, 9.17) is 4.74 Å². The van der Waals surface area contributed by atoms with E-state index >= 15 is 0 Å². The highest BCUT2D eigenvalue weighted by Crippen LogP contribution is 2.30. The Labute approximate surface area is 152 Å². The minimum Gasteiger partial charge on any atom is -0.497 e. The molecular formula is C20H23N3O3. The van der Waals surface area contributed by atoms with Crippen LogP contribution in [0.25, 0.3) is 10.9 Å². The largest absolute Gasteiger partial charge is 0.497 e. The Hall–Kier alpha value is -2.76. The molecule has 2 aliphatic heterocycles. The summed E-state index contributed by atoms with van der Waals surface area (Å²) in [4.78, 5) is 30.4. The van der Waals surface area contributed by atoms with Gasteiger partial charge in [-0.15, -0.1) is 6.58 Å². The van der Waals surface area contributed by atoms with Crippen LogP contribution in [0.2, 0.25) is 0 Å². The van der Waals surface area contributed by atoms with E-state index in [-0.39, 0.29) is 17.9 Å². The van der Waals surface area contributed by atoms with E-state index in [1.807, 2.05) is 24.3 Å². The molecule has 0 unspecified atom stereocenters. The molecule has 0 radical (unpaired) electrons. The normalized spacial score (nSPS) is 22.4. The second kappa shape index (κ2) is 6.52. The number of amides is 2. The molecule has 1 aromatic carbocycles. The van der Waals surface area contributed by atoms with Gasteiger partial charge in [0.2, 0.25) is 11.8 Å². The van der Waals surface area contributed by atoms with Gasteiger partial charge in [0.25, 0.3) is 0 Å². The van der Waals surface area contributed by atoms with Crippen molar-refractivity contribution in [3.63, 3.8) is 0 Å². The molecule has 2 aromatic rings. The van der Waals surface area contributed by atoms with Gasteiger partial charge in [-0.25, -0.2) is 0 Å². The first-order chi connectivity index (χ1) is 12.6. The van der Waals surface area contributed by atoms with Crippen molar-refractivity contribution in [3.05, 3.63) is 42.1 Å². The molecule has 4 rings (SSSR count). The van der Waals surface area contributed by atoms with Gasteiger partial charge in [-0.05, 0) is 30.5 Å². The number of allylic oxidation sites excluding steroid dienone is 1.